The summed E-state index contributed by atoms with van der Waals surface area (Å²) in [6.07, 6.45) is 39.0. The zero-order valence-corrected chi connectivity index (χ0v) is 58.4. The molecule has 0 aromatic heterocycles. The quantitative estimate of drug-likeness (QED) is 0.0222. The lowest BCUT2D eigenvalue weighted by molar-refractivity contribution is -0.161. The van der Waals surface area contributed by atoms with E-state index in [9.17, 15) is 43.2 Å². The Hall–Kier alpha value is -1.94. The van der Waals surface area contributed by atoms with E-state index in [4.69, 9.17) is 37.0 Å². The largest absolute Gasteiger partial charge is 0.472 e. The van der Waals surface area contributed by atoms with Crippen LogP contribution in [-0.2, 0) is 65.4 Å². The Morgan fingerprint density at radius 2 is 0.552 bits per heavy atom. The van der Waals surface area contributed by atoms with Gasteiger partial charge in [0.1, 0.15) is 19.3 Å². The van der Waals surface area contributed by atoms with Gasteiger partial charge in [-0.1, -0.05) is 280 Å². The van der Waals surface area contributed by atoms with Gasteiger partial charge in [-0.25, -0.2) is 9.13 Å². The van der Waals surface area contributed by atoms with E-state index in [0.29, 0.717) is 31.6 Å². The monoisotopic (exact) mass is 1280 g/mol. The van der Waals surface area contributed by atoms with Crippen molar-refractivity contribution in [1.82, 2.24) is 0 Å². The first kappa shape index (κ1) is 85.1. The Balaban J connectivity index is 5.26. The molecule has 0 heterocycles. The summed E-state index contributed by atoms with van der Waals surface area (Å²) >= 11 is 0. The second-order valence-corrected chi connectivity index (χ2v) is 29.1. The van der Waals surface area contributed by atoms with Gasteiger partial charge in [-0.2, -0.15) is 0 Å². The highest BCUT2D eigenvalue weighted by atomic mass is 31.2. The number of hydrogen-bond acceptors (Lipinski definition) is 15. The van der Waals surface area contributed by atoms with E-state index in [1.165, 1.54) is 128 Å². The third-order valence-corrected chi connectivity index (χ3v) is 17.8. The Morgan fingerprint density at radius 1 is 0.322 bits per heavy atom. The number of esters is 4. The van der Waals surface area contributed by atoms with Crippen LogP contribution in [0.4, 0.5) is 0 Å². The number of aliphatic hydroxyl groups excluding tert-OH is 1. The van der Waals surface area contributed by atoms with E-state index in [0.717, 1.165) is 114 Å². The number of rotatable bonds is 65. The van der Waals surface area contributed by atoms with E-state index >= 15 is 0 Å². The molecule has 0 saturated carbocycles. The van der Waals surface area contributed by atoms with Crippen LogP contribution in [0.5, 0.6) is 0 Å². The maximum atomic E-state index is 13.0. The van der Waals surface area contributed by atoms with Gasteiger partial charge in [0.2, 0.25) is 0 Å². The average Bonchev–Trinajstić information content (AvgIpc) is 3.63. The fraction of sp³-hybridized carbons (Fsp3) is 0.941. The maximum Gasteiger partial charge on any atom is 0.472 e. The molecule has 4 unspecified atom stereocenters. The third-order valence-electron chi connectivity index (χ3n) is 15.9. The first-order valence-corrected chi connectivity index (χ1v) is 38.2. The highest BCUT2D eigenvalue weighted by Crippen LogP contribution is 2.45. The molecule has 3 N–H and O–H groups in total. The SMILES string of the molecule is CCC(C)CCCCCCCCCCC(=O)O[C@H](COC(=O)CCCCCCCCCCCCCC(C)C)COP(=O)(O)OCC(O)COP(=O)(O)OC[C@@H](COC(=O)CCCCCCCCCC(C)C)OC(=O)CCCCCCCCCCC(C)C. The molecule has 19 heteroatoms. The Bertz CT molecular complexity index is 1730. The molecule has 0 bridgehead atoms. The summed E-state index contributed by atoms with van der Waals surface area (Å²) in [6.45, 7) is 14.0. The number of phosphoric ester groups is 2. The third kappa shape index (κ3) is 61.3. The van der Waals surface area contributed by atoms with Gasteiger partial charge < -0.3 is 33.8 Å². The van der Waals surface area contributed by atoms with E-state index in [1.807, 2.05) is 0 Å². The summed E-state index contributed by atoms with van der Waals surface area (Å²) in [7, 11) is -9.90. The summed E-state index contributed by atoms with van der Waals surface area (Å²) in [5, 5.41) is 10.6. The van der Waals surface area contributed by atoms with Crippen molar-refractivity contribution >= 4 is 39.5 Å². The highest BCUT2D eigenvalue weighted by Gasteiger charge is 2.30. The van der Waals surface area contributed by atoms with Crippen molar-refractivity contribution in [1.29, 1.82) is 0 Å². The lowest BCUT2D eigenvalue weighted by Crippen LogP contribution is -2.30. The van der Waals surface area contributed by atoms with Crippen molar-refractivity contribution in [2.24, 2.45) is 23.7 Å². The zero-order chi connectivity index (χ0) is 64.7. The van der Waals surface area contributed by atoms with Crippen molar-refractivity contribution in [2.75, 3.05) is 39.6 Å². The number of unbranched alkanes of at least 4 members (excludes halogenated alkanes) is 30. The normalized spacial score (nSPS) is 14.6. The lowest BCUT2D eigenvalue weighted by atomic mass is 9.99. The van der Waals surface area contributed by atoms with Crippen LogP contribution in [0, 0.1) is 23.7 Å². The summed E-state index contributed by atoms with van der Waals surface area (Å²) < 4.78 is 68.2. The van der Waals surface area contributed by atoms with E-state index in [-0.39, 0.29) is 25.7 Å². The molecule has 0 aromatic rings. The van der Waals surface area contributed by atoms with Crippen molar-refractivity contribution in [3.05, 3.63) is 0 Å². The molecule has 0 rings (SSSR count). The molecule has 0 spiro atoms. The van der Waals surface area contributed by atoms with Gasteiger partial charge >= 0.3 is 39.5 Å². The summed E-state index contributed by atoms with van der Waals surface area (Å²) in [6, 6.07) is 0. The van der Waals surface area contributed by atoms with Crippen LogP contribution < -0.4 is 0 Å². The number of aliphatic hydroxyl groups is 1. The van der Waals surface area contributed by atoms with Gasteiger partial charge in [0.25, 0.3) is 0 Å². The number of ether oxygens (including phenoxy) is 4. The highest BCUT2D eigenvalue weighted by molar-refractivity contribution is 7.47. The second kappa shape index (κ2) is 57.9. The summed E-state index contributed by atoms with van der Waals surface area (Å²) in [5.74, 6) is 0.829. The molecule has 0 saturated heterocycles. The predicted octanol–water partition coefficient (Wildman–Crippen LogP) is 18.9. The number of carbonyl (C=O) groups excluding carboxylic acids is 4. The molecule has 0 radical (unpaired) electrons. The van der Waals surface area contributed by atoms with Crippen LogP contribution in [0.15, 0.2) is 0 Å². The maximum absolute atomic E-state index is 13.0. The van der Waals surface area contributed by atoms with Crippen molar-refractivity contribution in [2.45, 2.75) is 350 Å². The first-order chi connectivity index (χ1) is 41.6. The van der Waals surface area contributed by atoms with Crippen LogP contribution in [0.1, 0.15) is 331 Å². The lowest BCUT2D eigenvalue weighted by Gasteiger charge is -2.21. The van der Waals surface area contributed by atoms with Gasteiger partial charge in [0.15, 0.2) is 12.2 Å². The summed E-state index contributed by atoms with van der Waals surface area (Å²) in [5.41, 5.74) is 0. The molecule has 516 valence electrons. The molecule has 17 nitrogen and oxygen atoms in total. The van der Waals surface area contributed by atoms with Crippen molar-refractivity contribution in [3.8, 4) is 0 Å². The molecule has 0 fully saturated rings. The zero-order valence-electron chi connectivity index (χ0n) is 56.6. The standard InChI is InChI=1S/C68H132O17P2/c1-9-61(8)47-39-31-23-16-18-26-35-43-51-68(73)85-63(54-78-65(70)48-40-32-24-14-12-10-11-13-20-28-36-44-58(2)3)56-82-86(74,75)80-52-62(69)53-81-87(76,77)83-57-64(55-79-66(71)49-41-33-27-19-22-30-38-46-60(6)7)84-67(72)50-42-34-25-17-15-21-29-37-45-59(4)5/h58-64,69H,9-57H2,1-8H3,(H,74,75)(H,76,77)/t61?,62?,63-,64-/m1/s1. The first-order valence-electron chi connectivity index (χ1n) is 35.2. The molecule has 0 aliphatic heterocycles. The molecular weight excluding hydrogens is 1150 g/mol. The van der Waals surface area contributed by atoms with Crippen molar-refractivity contribution < 1.29 is 80.2 Å². The van der Waals surface area contributed by atoms with Gasteiger partial charge in [-0.15, -0.1) is 0 Å². The molecular formula is C68H132O17P2. The fourth-order valence-electron chi connectivity index (χ4n) is 10.1. The van der Waals surface area contributed by atoms with Crippen LogP contribution in [0.2, 0.25) is 0 Å². The fourth-order valence-corrected chi connectivity index (χ4v) is 11.7. The van der Waals surface area contributed by atoms with Crippen LogP contribution in [0.3, 0.4) is 0 Å². The topological polar surface area (TPSA) is 237 Å². The number of carbonyl (C=O) groups is 4. The second-order valence-electron chi connectivity index (χ2n) is 26.2. The van der Waals surface area contributed by atoms with E-state index in [2.05, 4.69) is 55.4 Å². The van der Waals surface area contributed by atoms with Crippen molar-refractivity contribution in [3.63, 3.8) is 0 Å². The Labute approximate surface area is 530 Å². The molecule has 6 atom stereocenters. The smallest absolute Gasteiger partial charge is 0.462 e. The van der Waals surface area contributed by atoms with Crippen LogP contribution in [0.25, 0.3) is 0 Å². The van der Waals surface area contributed by atoms with Gasteiger partial charge in [0.05, 0.1) is 26.4 Å². The molecule has 87 heavy (non-hydrogen) atoms. The van der Waals surface area contributed by atoms with Gasteiger partial charge in [-0.05, 0) is 49.4 Å². The van der Waals surface area contributed by atoms with E-state index in [1.54, 1.807) is 0 Å². The van der Waals surface area contributed by atoms with Gasteiger partial charge in [-0.3, -0.25) is 37.3 Å². The van der Waals surface area contributed by atoms with E-state index < -0.39 is 97.5 Å². The molecule has 0 amide bonds. The minimum atomic E-state index is -4.95. The Morgan fingerprint density at radius 3 is 0.816 bits per heavy atom. The average molecular weight is 1280 g/mol. The molecule has 0 aliphatic rings. The molecule has 0 aliphatic carbocycles. The predicted molar refractivity (Wildman–Crippen MR) is 349 cm³/mol. The molecule has 0 aromatic carbocycles. The van der Waals surface area contributed by atoms with Crippen LogP contribution in [-0.4, -0.2) is 96.7 Å². The Kier molecular flexibility index (Phi) is 56.6. The van der Waals surface area contributed by atoms with Gasteiger partial charge in [0, 0.05) is 25.7 Å². The minimum absolute atomic E-state index is 0.103. The number of hydrogen-bond donors (Lipinski definition) is 3. The number of phosphoric acid groups is 2. The minimum Gasteiger partial charge on any atom is -0.462 e. The summed E-state index contributed by atoms with van der Waals surface area (Å²) in [4.78, 5) is 72.4. The van der Waals surface area contributed by atoms with Crippen LogP contribution >= 0.6 is 15.6 Å².